The van der Waals surface area contributed by atoms with Crippen molar-refractivity contribution < 1.29 is 9.53 Å². The fourth-order valence-corrected chi connectivity index (χ4v) is 1.87. The largest absolute Gasteiger partial charge is 0.465 e. The molecule has 0 spiro atoms. The average molecular weight is 234 g/mol. The number of carbonyl (C=O) groups excluding carboxylic acids is 1. The second-order valence-electron chi connectivity index (χ2n) is 4.46. The van der Waals surface area contributed by atoms with Crippen molar-refractivity contribution in [1.29, 1.82) is 0 Å². The van der Waals surface area contributed by atoms with Crippen LogP contribution in [0, 0.1) is 5.92 Å². The number of hydrogen-bond acceptors (Lipinski definition) is 4. The smallest absolute Gasteiger partial charge is 0.339 e. The number of aromatic nitrogens is 1. The molecule has 0 unspecified atom stereocenters. The van der Waals surface area contributed by atoms with E-state index in [-0.39, 0.29) is 5.97 Å². The van der Waals surface area contributed by atoms with Crippen LogP contribution in [-0.2, 0) is 11.3 Å². The molecule has 0 bridgehead atoms. The van der Waals surface area contributed by atoms with Crippen LogP contribution in [0.1, 0.15) is 35.3 Å². The van der Waals surface area contributed by atoms with Crippen LogP contribution >= 0.6 is 0 Å². The van der Waals surface area contributed by atoms with Gasteiger partial charge >= 0.3 is 5.97 Å². The van der Waals surface area contributed by atoms with E-state index in [4.69, 9.17) is 0 Å². The van der Waals surface area contributed by atoms with Gasteiger partial charge in [0, 0.05) is 12.7 Å². The molecule has 1 fully saturated rings. The first-order chi connectivity index (χ1) is 8.29. The van der Waals surface area contributed by atoms with Gasteiger partial charge in [-0.15, -0.1) is 0 Å². The maximum Gasteiger partial charge on any atom is 0.339 e. The molecule has 1 aromatic heterocycles. The van der Waals surface area contributed by atoms with Crippen molar-refractivity contribution in [3.05, 3.63) is 29.6 Å². The van der Waals surface area contributed by atoms with E-state index in [2.05, 4.69) is 15.0 Å². The third-order valence-electron chi connectivity index (χ3n) is 3.21. The molecule has 0 atom stereocenters. The molecule has 1 heterocycles. The lowest BCUT2D eigenvalue weighted by atomic mass is 9.85. The number of pyridine rings is 1. The van der Waals surface area contributed by atoms with Gasteiger partial charge in [-0.2, -0.15) is 0 Å². The van der Waals surface area contributed by atoms with Crippen LogP contribution in [0.4, 0.5) is 0 Å². The molecule has 1 aliphatic rings. The maximum atomic E-state index is 11.2. The number of carbonyl (C=O) groups is 1. The highest BCUT2D eigenvalue weighted by molar-refractivity contribution is 5.88. The zero-order chi connectivity index (χ0) is 12.1. The molecule has 0 amide bonds. The minimum absolute atomic E-state index is 0.341. The van der Waals surface area contributed by atoms with Crippen molar-refractivity contribution in [2.45, 2.75) is 25.8 Å². The summed E-state index contributed by atoms with van der Waals surface area (Å²) < 4.78 is 4.62. The van der Waals surface area contributed by atoms with E-state index in [9.17, 15) is 4.79 Å². The van der Waals surface area contributed by atoms with Crippen molar-refractivity contribution in [1.82, 2.24) is 10.3 Å². The molecular formula is C13H18N2O2. The number of methoxy groups -OCH3 is 1. The summed E-state index contributed by atoms with van der Waals surface area (Å²) in [5, 5.41) is 3.39. The van der Waals surface area contributed by atoms with Crippen LogP contribution in [0.25, 0.3) is 0 Å². The maximum absolute atomic E-state index is 11.2. The Labute approximate surface area is 101 Å². The second kappa shape index (κ2) is 5.77. The summed E-state index contributed by atoms with van der Waals surface area (Å²) in [6.45, 7) is 1.83. The van der Waals surface area contributed by atoms with Gasteiger partial charge in [0.25, 0.3) is 0 Å². The predicted octanol–water partition coefficient (Wildman–Crippen LogP) is 1.76. The fourth-order valence-electron chi connectivity index (χ4n) is 1.87. The molecule has 17 heavy (non-hydrogen) atoms. The quantitative estimate of drug-likeness (QED) is 0.789. The lowest BCUT2D eigenvalue weighted by Gasteiger charge is -2.25. The van der Waals surface area contributed by atoms with Crippen LogP contribution in [0.3, 0.4) is 0 Å². The summed E-state index contributed by atoms with van der Waals surface area (Å²) in [6.07, 6.45) is 5.63. The Balaban J connectivity index is 1.78. The Hall–Kier alpha value is -1.42. The summed E-state index contributed by atoms with van der Waals surface area (Å²) in [6, 6.07) is 3.61. The highest BCUT2D eigenvalue weighted by Crippen LogP contribution is 2.25. The van der Waals surface area contributed by atoms with Crippen molar-refractivity contribution in [3.8, 4) is 0 Å². The number of ether oxygens (including phenoxy) is 1. The molecule has 4 nitrogen and oxygen atoms in total. The molecule has 1 aliphatic carbocycles. The van der Waals surface area contributed by atoms with Crippen LogP contribution in [0.15, 0.2) is 18.3 Å². The standard InChI is InChI=1S/C13H18N2O2/c1-17-13(16)11-5-6-12(15-8-11)9-14-7-10-3-2-4-10/h5-6,8,10,14H,2-4,7,9H2,1H3. The van der Waals surface area contributed by atoms with Gasteiger partial charge in [-0.05, 0) is 37.4 Å². The molecule has 0 aromatic carbocycles. The monoisotopic (exact) mass is 234 g/mol. The summed E-state index contributed by atoms with van der Waals surface area (Å²) >= 11 is 0. The highest BCUT2D eigenvalue weighted by atomic mass is 16.5. The summed E-state index contributed by atoms with van der Waals surface area (Å²) in [5.74, 6) is 0.510. The molecule has 0 saturated heterocycles. The van der Waals surface area contributed by atoms with E-state index < -0.39 is 0 Å². The van der Waals surface area contributed by atoms with E-state index in [1.807, 2.05) is 6.07 Å². The third-order valence-corrected chi connectivity index (χ3v) is 3.21. The summed E-state index contributed by atoms with van der Waals surface area (Å²) in [5.41, 5.74) is 1.45. The molecule has 92 valence electrons. The zero-order valence-corrected chi connectivity index (χ0v) is 10.1. The van der Waals surface area contributed by atoms with Crippen molar-refractivity contribution in [2.24, 2.45) is 5.92 Å². The first-order valence-electron chi connectivity index (χ1n) is 6.03. The fraction of sp³-hybridized carbons (Fsp3) is 0.538. The van der Waals surface area contributed by atoms with Gasteiger partial charge in [0.05, 0.1) is 18.4 Å². The van der Waals surface area contributed by atoms with E-state index >= 15 is 0 Å². The first-order valence-corrected chi connectivity index (χ1v) is 6.03. The van der Waals surface area contributed by atoms with Gasteiger partial charge in [-0.25, -0.2) is 4.79 Å². The average Bonchev–Trinajstić information content (AvgIpc) is 2.32. The zero-order valence-electron chi connectivity index (χ0n) is 10.1. The Kier molecular flexibility index (Phi) is 4.09. The van der Waals surface area contributed by atoms with Gasteiger partial charge in [0.15, 0.2) is 0 Å². The van der Waals surface area contributed by atoms with Crippen LogP contribution in [0.5, 0.6) is 0 Å². The minimum Gasteiger partial charge on any atom is -0.465 e. The highest BCUT2D eigenvalue weighted by Gasteiger charge is 2.16. The van der Waals surface area contributed by atoms with Crippen molar-refractivity contribution in [3.63, 3.8) is 0 Å². The molecule has 1 saturated carbocycles. The van der Waals surface area contributed by atoms with E-state index in [0.29, 0.717) is 5.56 Å². The van der Waals surface area contributed by atoms with Crippen molar-refractivity contribution >= 4 is 5.97 Å². The molecule has 0 aliphatic heterocycles. The topological polar surface area (TPSA) is 51.2 Å². The third kappa shape index (κ3) is 3.27. The van der Waals surface area contributed by atoms with Gasteiger partial charge in [-0.1, -0.05) is 6.42 Å². The summed E-state index contributed by atoms with van der Waals surface area (Å²) in [7, 11) is 1.37. The molecule has 0 radical (unpaired) electrons. The Bertz CT molecular complexity index is 372. The van der Waals surface area contributed by atoms with Crippen molar-refractivity contribution in [2.75, 3.05) is 13.7 Å². The Morgan fingerprint density at radius 2 is 2.35 bits per heavy atom. The summed E-state index contributed by atoms with van der Waals surface area (Å²) in [4.78, 5) is 15.4. The van der Waals surface area contributed by atoms with Gasteiger partial charge in [-0.3, -0.25) is 4.98 Å². The van der Waals surface area contributed by atoms with Crippen LogP contribution in [-0.4, -0.2) is 24.6 Å². The second-order valence-corrected chi connectivity index (χ2v) is 4.46. The van der Waals surface area contributed by atoms with Gasteiger partial charge < -0.3 is 10.1 Å². The number of esters is 1. The molecule has 1 N–H and O–H groups in total. The van der Waals surface area contributed by atoms with Gasteiger partial charge in [0.1, 0.15) is 0 Å². The lowest BCUT2D eigenvalue weighted by Crippen LogP contribution is -2.27. The van der Waals surface area contributed by atoms with Crippen LogP contribution < -0.4 is 5.32 Å². The molecule has 2 rings (SSSR count). The first kappa shape index (κ1) is 12.0. The van der Waals surface area contributed by atoms with E-state index in [0.717, 1.165) is 24.7 Å². The normalized spacial score (nSPS) is 15.4. The Morgan fingerprint density at radius 3 is 2.88 bits per heavy atom. The SMILES string of the molecule is COC(=O)c1ccc(CNCC2CCC2)nc1. The molecular weight excluding hydrogens is 216 g/mol. The molecule has 4 heteroatoms. The Morgan fingerprint density at radius 1 is 1.53 bits per heavy atom. The lowest BCUT2D eigenvalue weighted by molar-refractivity contribution is 0.0600. The number of nitrogens with one attached hydrogen (secondary N) is 1. The number of rotatable bonds is 5. The predicted molar refractivity (Wildman–Crippen MR) is 64.6 cm³/mol. The molecule has 1 aromatic rings. The van der Waals surface area contributed by atoms with Crippen LogP contribution in [0.2, 0.25) is 0 Å². The minimum atomic E-state index is -0.341. The number of nitrogens with zero attached hydrogens (tertiary/aromatic N) is 1. The van der Waals surface area contributed by atoms with Gasteiger partial charge in [0.2, 0.25) is 0 Å². The number of hydrogen-bond donors (Lipinski definition) is 1. The van der Waals surface area contributed by atoms with E-state index in [1.54, 1.807) is 12.3 Å². The van der Waals surface area contributed by atoms with E-state index in [1.165, 1.54) is 26.4 Å².